The topological polar surface area (TPSA) is 51.8 Å². The van der Waals surface area contributed by atoms with Gasteiger partial charge in [-0.3, -0.25) is 0 Å². The van der Waals surface area contributed by atoms with E-state index in [1.165, 1.54) is 0 Å². The fourth-order valence-corrected chi connectivity index (χ4v) is 3.41. The molecule has 2 aliphatic rings. The third-order valence-electron chi connectivity index (χ3n) is 3.29. The Morgan fingerprint density at radius 2 is 1.65 bits per heavy atom. The summed E-state index contributed by atoms with van der Waals surface area (Å²) in [6.07, 6.45) is 0. The van der Waals surface area contributed by atoms with Gasteiger partial charge in [-0.05, 0) is 18.2 Å². The molecular formula is C16H11N3S. The molecule has 0 radical (unpaired) electrons. The fourth-order valence-electron chi connectivity index (χ4n) is 2.37. The van der Waals surface area contributed by atoms with Gasteiger partial charge in [-0.2, -0.15) is 0 Å². The molecule has 2 aromatic rings. The number of hydrogen-bond acceptors (Lipinski definition) is 4. The largest absolute Gasteiger partial charge is 0.383 e. The summed E-state index contributed by atoms with van der Waals surface area (Å²) in [4.78, 5) is 9.13. The number of thiazole rings is 1. The molecule has 96 valence electrons. The Morgan fingerprint density at radius 3 is 2.55 bits per heavy atom. The Kier molecular flexibility index (Phi) is 2.44. The van der Waals surface area contributed by atoms with E-state index in [0.717, 1.165) is 32.0 Å². The lowest BCUT2D eigenvalue weighted by Crippen LogP contribution is -1.86. The summed E-state index contributed by atoms with van der Waals surface area (Å²) in [6.45, 7) is 0. The number of nitrogens with two attached hydrogens (primary N) is 1. The number of anilines is 1. The van der Waals surface area contributed by atoms with E-state index in [1.54, 1.807) is 11.3 Å². The van der Waals surface area contributed by atoms with Gasteiger partial charge in [0.05, 0.1) is 21.5 Å². The predicted octanol–water partition coefficient (Wildman–Crippen LogP) is 4.05. The Morgan fingerprint density at radius 1 is 0.850 bits per heavy atom. The molecule has 0 bridgehead atoms. The third kappa shape index (κ3) is 1.66. The van der Waals surface area contributed by atoms with Gasteiger partial charge in [0.15, 0.2) is 0 Å². The summed E-state index contributed by atoms with van der Waals surface area (Å²) in [5, 5.41) is 0.928. The van der Waals surface area contributed by atoms with Gasteiger partial charge >= 0.3 is 0 Å². The molecule has 1 aromatic heterocycles. The van der Waals surface area contributed by atoms with Gasteiger partial charge < -0.3 is 5.73 Å². The molecular weight excluding hydrogens is 266 g/mol. The molecule has 1 aliphatic heterocycles. The van der Waals surface area contributed by atoms with Crippen LogP contribution in [0.25, 0.3) is 32.0 Å². The van der Waals surface area contributed by atoms with E-state index in [4.69, 9.17) is 5.73 Å². The molecule has 4 heteroatoms. The monoisotopic (exact) mass is 277 g/mol. The van der Waals surface area contributed by atoms with Crippen molar-refractivity contribution < 1.29 is 0 Å². The number of fused-ring (bicyclic) bond motifs is 2. The quantitative estimate of drug-likeness (QED) is 0.571. The molecule has 2 N–H and O–H groups in total. The molecule has 1 aromatic carbocycles. The fraction of sp³-hybridized carbons (Fsp3) is 0. The molecule has 0 atom stereocenters. The minimum absolute atomic E-state index is 0.547. The van der Waals surface area contributed by atoms with Crippen LogP contribution in [-0.2, 0) is 0 Å². The first-order chi connectivity index (χ1) is 9.83. The van der Waals surface area contributed by atoms with E-state index < -0.39 is 0 Å². The minimum Gasteiger partial charge on any atom is -0.383 e. The summed E-state index contributed by atoms with van der Waals surface area (Å²) in [5.41, 5.74) is 10.00. The van der Waals surface area contributed by atoms with Crippen molar-refractivity contribution >= 4 is 27.4 Å². The molecule has 0 saturated carbocycles. The van der Waals surface area contributed by atoms with Crippen LogP contribution in [0.4, 0.5) is 5.82 Å². The Balaban J connectivity index is 2.01. The van der Waals surface area contributed by atoms with E-state index in [2.05, 4.69) is 16.0 Å². The van der Waals surface area contributed by atoms with Gasteiger partial charge in [-0.25, -0.2) is 9.97 Å². The molecule has 20 heavy (non-hydrogen) atoms. The van der Waals surface area contributed by atoms with Crippen molar-refractivity contribution in [3.63, 3.8) is 0 Å². The Bertz CT molecular complexity index is 849. The van der Waals surface area contributed by atoms with Gasteiger partial charge in [-0.15, -0.1) is 11.3 Å². The van der Waals surface area contributed by atoms with E-state index in [1.807, 2.05) is 48.5 Å². The van der Waals surface area contributed by atoms with Crippen LogP contribution < -0.4 is 5.73 Å². The van der Waals surface area contributed by atoms with Crippen molar-refractivity contribution in [1.82, 2.24) is 9.97 Å². The number of para-hydroxylation sites is 1. The standard InChI is InChI=1S/C16H11N3S/c17-15-14(10-6-2-1-3-7-11(10)18-15)16-19-12-8-4-5-9-13(12)20-16/h1-9H,(H2,17,18). The van der Waals surface area contributed by atoms with Gasteiger partial charge in [-0.1, -0.05) is 36.4 Å². The summed E-state index contributed by atoms with van der Waals surface area (Å²) >= 11 is 1.65. The molecule has 0 spiro atoms. The van der Waals surface area contributed by atoms with Gasteiger partial charge in [0.25, 0.3) is 0 Å². The molecule has 1 aliphatic carbocycles. The molecule has 0 amide bonds. The van der Waals surface area contributed by atoms with Crippen LogP contribution in [0.5, 0.6) is 0 Å². The number of nitrogens with zero attached hydrogens (tertiary/aromatic N) is 2. The highest BCUT2D eigenvalue weighted by Crippen LogP contribution is 2.41. The van der Waals surface area contributed by atoms with Gasteiger partial charge in [0, 0.05) is 5.56 Å². The van der Waals surface area contributed by atoms with Gasteiger partial charge in [0.2, 0.25) is 0 Å². The van der Waals surface area contributed by atoms with Crippen molar-refractivity contribution in [3.05, 3.63) is 54.6 Å². The first-order valence-electron chi connectivity index (χ1n) is 6.33. The maximum absolute atomic E-state index is 6.10. The molecule has 4 rings (SSSR count). The second-order valence-electron chi connectivity index (χ2n) is 4.57. The third-order valence-corrected chi connectivity index (χ3v) is 4.34. The highest BCUT2D eigenvalue weighted by Gasteiger charge is 2.19. The zero-order valence-corrected chi connectivity index (χ0v) is 11.4. The van der Waals surface area contributed by atoms with Crippen LogP contribution >= 0.6 is 11.3 Å². The number of aromatic nitrogens is 2. The normalized spacial score (nSPS) is 11.2. The highest BCUT2D eigenvalue weighted by atomic mass is 32.1. The predicted molar refractivity (Wildman–Crippen MR) is 83.9 cm³/mol. The lowest BCUT2D eigenvalue weighted by Gasteiger charge is -1.96. The number of benzene rings is 1. The van der Waals surface area contributed by atoms with Crippen LogP contribution in [0.15, 0.2) is 54.6 Å². The summed E-state index contributed by atoms with van der Waals surface area (Å²) in [6, 6.07) is 18.1. The van der Waals surface area contributed by atoms with Crippen LogP contribution in [0.2, 0.25) is 0 Å². The van der Waals surface area contributed by atoms with Crippen LogP contribution in [-0.4, -0.2) is 9.97 Å². The smallest absolute Gasteiger partial charge is 0.135 e. The number of nitrogen functional groups attached to an aromatic ring is 1. The SMILES string of the molecule is Nc1nc2cccccc-2c1-c1nc2ccccc2s1. The van der Waals surface area contributed by atoms with E-state index in [0.29, 0.717) is 5.82 Å². The molecule has 0 saturated heterocycles. The van der Waals surface area contributed by atoms with Crippen molar-refractivity contribution in [2.75, 3.05) is 5.73 Å². The van der Waals surface area contributed by atoms with E-state index >= 15 is 0 Å². The Hall–Kier alpha value is -2.46. The zero-order chi connectivity index (χ0) is 13.5. The zero-order valence-electron chi connectivity index (χ0n) is 10.6. The van der Waals surface area contributed by atoms with Crippen LogP contribution in [0.3, 0.4) is 0 Å². The average Bonchev–Trinajstić information content (AvgIpc) is 2.92. The molecule has 2 heterocycles. The lowest BCUT2D eigenvalue weighted by atomic mass is 10.1. The summed E-state index contributed by atoms with van der Waals surface area (Å²) < 4.78 is 1.16. The van der Waals surface area contributed by atoms with Crippen molar-refractivity contribution in [2.45, 2.75) is 0 Å². The van der Waals surface area contributed by atoms with Crippen molar-refractivity contribution in [1.29, 1.82) is 0 Å². The summed E-state index contributed by atoms with van der Waals surface area (Å²) in [7, 11) is 0. The first-order valence-corrected chi connectivity index (χ1v) is 7.15. The van der Waals surface area contributed by atoms with Crippen molar-refractivity contribution in [3.8, 4) is 21.8 Å². The van der Waals surface area contributed by atoms with Gasteiger partial charge in [0.1, 0.15) is 10.8 Å². The highest BCUT2D eigenvalue weighted by molar-refractivity contribution is 7.21. The van der Waals surface area contributed by atoms with E-state index in [-0.39, 0.29) is 0 Å². The average molecular weight is 277 g/mol. The second-order valence-corrected chi connectivity index (χ2v) is 5.60. The van der Waals surface area contributed by atoms with Crippen LogP contribution in [0.1, 0.15) is 0 Å². The molecule has 0 fully saturated rings. The summed E-state index contributed by atoms with van der Waals surface area (Å²) in [5.74, 6) is 0.547. The molecule has 0 unspecified atom stereocenters. The lowest BCUT2D eigenvalue weighted by molar-refractivity contribution is 1.41. The van der Waals surface area contributed by atoms with Crippen molar-refractivity contribution in [2.24, 2.45) is 0 Å². The first kappa shape index (κ1) is 11.4. The van der Waals surface area contributed by atoms with Crippen LogP contribution in [0, 0.1) is 0 Å². The second kappa shape index (κ2) is 4.28. The minimum atomic E-state index is 0.547. The maximum atomic E-state index is 6.10. The Labute approximate surface area is 120 Å². The van der Waals surface area contributed by atoms with E-state index in [9.17, 15) is 0 Å². The number of hydrogen-bond donors (Lipinski definition) is 1. The number of rotatable bonds is 1. The maximum Gasteiger partial charge on any atom is 0.135 e. The molecule has 3 nitrogen and oxygen atoms in total.